The quantitative estimate of drug-likeness (QED) is 0.580. The monoisotopic (exact) mass is 167 g/mol. The van der Waals surface area contributed by atoms with Crippen molar-refractivity contribution in [2.24, 2.45) is 10.8 Å². The third-order valence-corrected chi connectivity index (χ3v) is 4.54. The summed E-state index contributed by atoms with van der Waals surface area (Å²) in [6.07, 6.45) is 4.32. The molecular weight excluding hydrogens is 146 g/mol. The zero-order valence-corrected chi connectivity index (χ0v) is 9.07. The molecular formula is C11H21N. The zero-order chi connectivity index (χ0) is 9.20. The van der Waals surface area contributed by atoms with Crippen LogP contribution in [0.3, 0.4) is 0 Å². The standard InChI is InChI=1S/C11H21N/c1-9(2,3)10-6-11(7-10,8-10)12(4)5/h6-8H2,1-5H3. The van der Waals surface area contributed by atoms with Gasteiger partial charge in [0.25, 0.3) is 0 Å². The molecule has 0 aliphatic heterocycles. The molecule has 3 fully saturated rings. The minimum absolute atomic E-state index is 0.532. The van der Waals surface area contributed by atoms with Crippen molar-refractivity contribution in [3.05, 3.63) is 0 Å². The van der Waals surface area contributed by atoms with Crippen molar-refractivity contribution in [1.82, 2.24) is 4.90 Å². The summed E-state index contributed by atoms with van der Waals surface area (Å²) in [6.45, 7) is 7.18. The lowest BCUT2D eigenvalue weighted by molar-refractivity contribution is -0.256. The Labute approximate surface area is 76.1 Å². The minimum Gasteiger partial charge on any atom is -0.304 e. The van der Waals surface area contributed by atoms with Crippen LogP contribution in [0.15, 0.2) is 0 Å². The van der Waals surface area contributed by atoms with Gasteiger partial charge < -0.3 is 4.90 Å². The second-order valence-corrected chi connectivity index (χ2v) is 6.18. The van der Waals surface area contributed by atoms with Gasteiger partial charge in [-0.3, -0.25) is 0 Å². The predicted octanol–water partition coefficient (Wildman–Crippen LogP) is 2.52. The van der Waals surface area contributed by atoms with Crippen molar-refractivity contribution in [3.8, 4) is 0 Å². The largest absolute Gasteiger partial charge is 0.304 e. The van der Waals surface area contributed by atoms with Crippen molar-refractivity contribution in [2.45, 2.75) is 45.6 Å². The van der Waals surface area contributed by atoms with Crippen molar-refractivity contribution in [1.29, 1.82) is 0 Å². The summed E-state index contributed by atoms with van der Waals surface area (Å²) < 4.78 is 0. The van der Waals surface area contributed by atoms with Gasteiger partial charge >= 0.3 is 0 Å². The van der Waals surface area contributed by atoms with Crippen molar-refractivity contribution in [2.75, 3.05) is 14.1 Å². The highest BCUT2D eigenvalue weighted by Crippen LogP contribution is 2.75. The van der Waals surface area contributed by atoms with E-state index in [0.29, 0.717) is 16.4 Å². The molecule has 70 valence electrons. The Morgan fingerprint density at radius 3 is 1.67 bits per heavy atom. The van der Waals surface area contributed by atoms with E-state index in [1.54, 1.807) is 0 Å². The summed E-state index contributed by atoms with van der Waals surface area (Å²) in [5.41, 5.74) is 1.86. The molecule has 0 N–H and O–H groups in total. The molecule has 0 atom stereocenters. The highest BCUT2D eigenvalue weighted by molar-refractivity contribution is 5.25. The van der Waals surface area contributed by atoms with E-state index in [-0.39, 0.29) is 0 Å². The Hall–Kier alpha value is -0.0400. The first kappa shape index (κ1) is 8.55. The Balaban J connectivity index is 2.05. The number of hydrogen-bond donors (Lipinski definition) is 0. The predicted molar refractivity (Wildman–Crippen MR) is 52.2 cm³/mol. The minimum atomic E-state index is 0.532. The maximum atomic E-state index is 2.43. The maximum Gasteiger partial charge on any atom is 0.0220 e. The summed E-state index contributed by atoms with van der Waals surface area (Å²) in [7, 11) is 4.46. The van der Waals surface area contributed by atoms with Gasteiger partial charge in [0, 0.05) is 5.54 Å². The van der Waals surface area contributed by atoms with E-state index >= 15 is 0 Å². The molecule has 1 heteroatoms. The van der Waals surface area contributed by atoms with Crippen LogP contribution < -0.4 is 0 Å². The van der Waals surface area contributed by atoms with E-state index in [4.69, 9.17) is 0 Å². The van der Waals surface area contributed by atoms with Gasteiger partial charge in [0.15, 0.2) is 0 Å². The fourth-order valence-corrected chi connectivity index (χ4v) is 3.00. The molecule has 2 bridgehead atoms. The lowest BCUT2D eigenvalue weighted by Crippen LogP contribution is -2.76. The zero-order valence-electron chi connectivity index (χ0n) is 9.07. The van der Waals surface area contributed by atoms with Crippen LogP contribution in [0.1, 0.15) is 40.0 Å². The van der Waals surface area contributed by atoms with Crippen LogP contribution in [0.25, 0.3) is 0 Å². The van der Waals surface area contributed by atoms with Crippen LogP contribution in [0.4, 0.5) is 0 Å². The molecule has 3 rings (SSSR count). The molecule has 0 aromatic heterocycles. The lowest BCUT2D eigenvalue weighted by Gasteiger charge is -2.77. The summed E-state index contributed by atoms with van der Waals surface area (Å²) in [5, 5.41) is 0. The molecule has 0 saturated heterocycles. The molecule has 0 aromatic rings. The summed E-state index contributed by atoms with van der Waals surface area (Å²) in [5.74, 6) is 0. The van der Waals surface area contributed by atoms with E-state index in [9.17, 15) is 0 Å². The maximum absolute atomic E-state index is 2.43. The van der Waals surface area contributed by atoms with Crippen LogP contribution in [0.2, 0.25) is 0 Å². The average Bonchev–Trinajstić information content (AvgIpc) is 1.46. The summed E-state index contributed by atoms with van der Waals surface area (Å²) in [4.78, 5) is 2.43. The van der Waals surface area contributed by atoms with Crippen molar-refractivity contribution >= 4 is 0 Å². The Morgan fingerprint density at radius 1 is 1.00 bits per heavy atom. The van der Waals surface area contributed by atoms with Gasteiger partial charge in [0.1, 0.15) is 0 Å². The molecule has 3 saturated carbocycles. The fourth-order valence-electron chi connectivity index (χ4n) is 3.00. The SMILES string of the molecule is CN(C)C12CC(C(C)(C)C)(C1)C2. The molecule has 0 radical (unpaired) electrons. The molecule has 12 heavy (non-hydrogen) atoms. The molecule has 1 nitrogen and oxygen atoms in total. The van der Waals surface area contributed by atoms with Gasteiger partial charge in [-0.05, 0) is 44.2 Å². The third kappa shape index (κ3) is 0.736. The number of rotatable bonds is 1. The average molecular weight is 167 g/mol. The molecule has 0 unspecified atom stereocenters. The van der Waals surface area contributed by atoms with E-state index in [2.05, 4.69) is 39.8 Å². The van der Waals surface area contributed by atoms with Gasteiger partial charge in [0.2, 0.25) is 0 Å². The Morgan fingerprint density at radius 2 is 1.42 bits per heavy atom. The van der Waals surface area contributed by atoms with Gasteiger partial charge in [-0.25, -0.2) is 0 Å². The first-order chi connectivity index (χ1) is 5.31. The van der Waals surface area contributed by atoms with Crippen LogP contribution in [0, 0.1) is 10.8 Å². The van der Waals surface area contributed by atoms with Crippen LogP contribution in [-0.2, 0) is 0 Å². The lowest BCUT2D eigenvalue weighted by atomic mass is 9.32. The molecule has 0 heterocycles. The van der Waals surface area contributed by atoms with Gasteiger partial charge in [0.05, 0.1) is 0 Å². The number of hydrogen-bond acceptors (Lipinski definition) is 1. The Kier molecular flexibility index (Phi) is 1.35. The van der Waals surface area contributed by atoms with Crippen LogP contribution in [0.5, 0.6) is 0 Å². The van der Waals surface area contributed by atoms with Crippen molar-refractivity contribution in [3.63, 3.8) is 0 Å². The van der Waals surface area contributed by atoms with Crippen LogP contribution >= 0.6 is 0 Å². The van der Waals surface area contributed by atoms with E-state index in [0.717, 1.165) is 0 Å². The second-order valence-electron chi connectivity index (χ2n) is 6.18. The van der Waals surface area contributed by atoms with E-state index < -0.39 is 0 Å². The third-order valence-electron chi connectivity index (χ3n) is 4.54. The van der Waals surface area contributed by atoms with Crippen LogP contribution in [-0.4, -0.2) is 24.5 Å². The molecule has 3 aliphatic carbocycles. The number of nitrogens with zero attached hydrogens (tertiary/aromatic N) is 1. The van der Waals surface area contributed by atoms with E-state index in [1.165, 1.54) is 19.3 Å². The molecule has 0 amide bonds. The van der Waals surface area contributed by atoms with E-state index in [1.807, 2.05) is 0 Å². The first-order valence-corrected chi connectivity index (χ1v) is 4.99. The molecule has 3 aliphatic rings. The summed E-state index contributed by atoms with van der Waals surface area (Å²) in [6, 6.07) is 0. The molecule has 0 spiro atoms. The highest BCUT2D eigenvalue weighted by Gasteiger charge is 2.72. The topological polar surface area (TPSA) is 3.24 Å². The normalized spacial score (nSPS) is 45.5. The smallest absolute Gasteiger partial charge is 0.0220 e. The van der Waals surface area contributed by atoms with Gasteiger partial charge in [-0.15, -0.1) is 0 Å². The summed E-state index contributed by atoms with van der Waals surface area (Å²) >= 11 is 0. The van der Waals surface area contributed by atoms with Gasteiger partial charge in [-0.2, -0.15) is 0 Å². The fraction of sp³-hybridized carbons (Fsp3) is 1.00. The van der Waals surface area contributed by atoms with Gasteiger partial charge in [-0.1, -0.05) is 20.8 Å². The second kappa shape index (κ2) is 1.89. The van der Waals surface area contributed by atoms with Crippen molar-refractivity contribution < 1.29 is 0 Å². The molecule has 0 aromatic carbocycles. The first-order valence-electron chi connectivity index (χ1n) is 4.99. The Bertz CT molecular complexity index is 190. The highest BCUT2D eigenvalue weighted by atomic mass is 15.2.